The van der Waals surface area contributed by atoms with Gasteiger partial charge in [0.15, 0.2) is 0 Å². The molecule has 1 amide bonds. The lowest BCUT2D eigenvalue weighted by atomic mass is 9.90. The SMILES string of the molecule is CCC(C)(C)CNC(=O)C1COCCN1. The van der Waals surface area contributed by atoms with Gasteiger partial charge in [0.2, 0.25) is 5.91 Å². The van der Waals surface area contributed by atoms with E-state index >= 15 is 0 Å². The number of ether oxygens (including phenoxy) is 1. The fourth-order valence-corrected chi connectivity index (χ4v) is 1.31. The number of nitrogens with one attached hydrogen (secondary N) is 2. The number of morpholine rings is 1. The molecule has 0 aromatic carbocycles. The van der Waals surface area contributed by atoms with Crippen LogP contribution in [0.5, 0.6) is 0 Å². The normalized spacial score (nSPS) is 22.5. The minimum absolute atomic E-state index is 0.0521. The van der Waals surface area contributed by atoms with Crippen LogP contribution < -0.4 is 10.6 Å². The maximum atomic E-state index is 11.7. The lowest BCUT2D eigenvalue weighted by Crippen LogP contribution is -2.52. The maximum absolute atomic E-state index is 11.7. The Bertz CT molecular complexity index is 211. The molecule has 1 heterocycles. The van der Waals surface area contributed by atoms with E-state index in [2.05, 4.69) is 31.4 Å². The molecule has 0 saturated carbocycles. The zero-order chi connectivity index (χ0) is 11.3. The van der Waals surface area contributed by atoms with Crippen LogP contribution in [0, 0.1) is 5.41 Å². The molecule has 1 aliphatic rings. The van der Waals surface area contributed by atoms with Crippen molar-refractivity contribution in [1.29, 1.82) is 0 Å². The van der Waals surface area contributed by atoms with E-state index in [0.29, 0.717) is 13.2 Å². The van der Waals surface area contributed by atoms with E-state index in [0.717, 1.165) is 19.5 Å². The predicted octanol–water partition coefficient (Wildman–Crippen LogP) is 0.527. The second kappa shape index (κ2) is 5.47. The first-order valence-electron chi connectivity index (χ1n) is 5.64. The van der Waals surface area contributed by atoms with Crippen LogP contribution in [0.2, 0.25) is 0 Å². The fraction of sp³-hybridized carbons (Fsp3) is 0.909. The van der Waals surface area contributed by atoms with Crippen LogP contribution in [0.4, 0.5) is 0 Å². The topological polar surface area (TPSA) is 50.4 Å². The third-order valence-electron chi connectivity index (χ3n) is 2.94. The summed E-state index contributed by atoms with van der Waals surface area (Å²) in [6.07, 6.45) is 1.06. The standard InChI is InChI=1S/C11H22N2O2/c1-4-11(2,3)8-13-10(14)9-7-15-6-5-12-9/h9,12H,4-8H2,1-3H3,(H,13,14). The molecular formula is C11H22N2O2. The summed E-state index contributed by atoms with van der Waals surface area (Å²) in [5.74, 6) is 0.0521. The molecule has 1 fully saturated rings. The monoisotopic (exact) mass is 214 g/mol. The summed E-state index contributed by atoms with van der Waals surface area (Å²) in [5, 5.41) is 6.10. The van der Waals surface area contributed by atoms with Crippen molar-refractivity contribution in [3.63, 3.8) is 0 Å². The lowest BCUT2D eigenvalue weighted by molar-refractivity contribution is -0.126. The zero-order valence-electron chi connectivity index (χ0n) is 9.93. The number of amides is 1. The van der Waals surface area contributed by atoms with Gasteiger partial charge in [-0.15, -0.1) is 0 Å². The van der Waals surface area contributed by atoms with Crippen molar-refractivity contribution >= 4 is 5.91 Å². The van der Waals surface area contributed by atoms with Gasteiger partial charge in [0.25, 0.3) is 0 Å². The molecule has 4 nitrogen and oxygen atoms in total. The molecule has 0 bridgehead atoms. The van der Waals surface area contributed by atoms with Crippen LogP contribution in [0.1, 0.15) is 27.2 Å². The highest BCUT2D eigenvalue weighted by molar-refractivity contribution is 5.82. The van der Waals surface area contributed by atoms with E-state index in [1.807, 2.05) is 0 Å². The van der Waals surface area contributed by atoms with Gasteiger partial charge in [-0.25, -0.2) is 0 Å². The highest BCUT2D eigenvalue weighted by Crippen LogP contribution is 2.17. The molecule has 88 valence electrons. The molecule has 1 atom stereocenters. The second-order valence-electron chi connectivity index (χ2n) is 4.82. The first-order valence-corrected chi connectivity index (χ1v) is 5.64. The van der Waals surface area contributed by atoms with Crippen LogP contribution in [-0.4, -0.2) is 38.3 Å². The summed E-state index contributed by atoms with van der Waals surface area (Å²) in [6.45, 7) is 9.10. The van der Waals surface area contributed by atoms with Gasteiger partial charge in [-0.1, -0.05) is 20.8 Å². The minimum Gasteiger partial charge on any atom is -0.378 e. The smallest absolute Gasteiger partial charge is 0.239 e. The summed E-state index contributed by atoms with van der Waals surface area (Å²) >= 11 is 0. The van der Waals surface area contributed by atoms with Crippen LogP contribution in [0.25, 0.3) is 0 Å². The van der Waals surface area contributed by atoms with Crippen molar-refractivity contribution in [2.45, 2.75) is 33.2 Å². The summed E-state index contributed by atoms with van der Waals surface area (Å²) < 4.78 is 5.24. The number of carbonyl (C=O) groups excluding carboxylic acids is 1. The van der Waals surface area contributed by atoms with E-state index in [1.54, 1.807) is 0 Å². The number of hydrogen-bond donors (Lipinski definition) is 2. The van der Waals surface area contributed by atoms with Gasteiger partial charge in [0.1, 0.15) is 6.04 Å². The Labute approximate surface area is 91.8 Å². The van der Waals surface area contributed by atoms with Crippen LogP contribution in [0.15, 0.2) is 0 Å². The van der Waals surface area contributed by atoms with Gasteiger partial charge < -0.3 is 15.4 Å². The summed E-state index contributed by atoms with van der Waals surface area (Å²) in [7, 11) is 0. The van der Waals surface area contributed by atoms with Crippen molar-refractivity contribution in [2.75, 3.05) is 26.3 Å². The van der Waals surface area contributed by atoms with Gasteiger partial charge in [-0.05, 0) is 11.8 Å². The van der Waals surface area contributed by atoms with Crippen LogP contribution in [-0.2, 0) is 9.53 Å². The molecular weight excluding hydrogens is 192 g/mol. The molecule has 1 saturated heterocycles. The fourth-order valence-electron chi connectivity index (χ4n) is 1.31. The Morgan fingerprint density at radius 1 is 1.60 bits per heavy atom. The van der Waals surface area contributed by atoms with Crippen molar-refractivity contribution in [3.05, 3.63) is 0 Å². The molecule has 1 aliphatic heterocycles. The molecule has 2 N–H and O–H groups in total. The molecule has 15 heavy (non-hydrogen) atoms. The third kappa shape index (κ3) is 4.18. The van der Waals surface area contributed by atoms with E-state index in [1.165, 1.54) is 0 Å². The molecule has 4 heteroatoms. The molecule has 1 unspecified atom stereocenters. The van der Waals surface area contributed by atoms with Crippen molar-refractivity contribution in [3.8, 4) is 0 Å². The van der Waals surface area contributed by atoms with Gasteiger partial charge in [0.05, 0.1) is 13.2 Å². The Morgan fingerprint density at radius 3 is 2.87 bits per heavy atom. The molecule has 0 radical (unpaired) electrons. The van der Waals surface area contributed by atoms with Crippen molar-refractivity contribution in [1.82, 2.24) is 10.6 Å². The van der Waals surface area contributed by atoms with E-state index < -0.39 is 0 Å². The summed E-state index contributed by atoms with van der Waals surface area (Å²) in [6, 6.07) is -0.175. The first-order chi connectivity index (χ1) is 7.05. The van der Waals surface area contributed by atoms with Crippen LogP contribution in [0.3, 0.4) is 0 Å². The van der Waals surface area contributed by atoms with E-state index in [4.69, 9.17) is 4.74 Å². The van der Waals surface area contributed by atoms with Gasteiger partial charge in [-0.2, -0.15) is 0 Å². The molecule has 0 spiro atoms. The van der Waals surface area contributed by atoms with E-state index in [-0.39, 0.29) is 17.4 Å². The van der Waals surface area contributed by atoms with Gasteiger partial charge in [-0.3, -0.25) is 4.79 Å². The zero-order valence-corrected chi connectivity index (χ0v) is 9.93. The Balaban J connectivity index is 2.28. The van der Waals surface area contributed by atoms with Crippen LogP contribution >= 0.6 is 0 Å². The highest BCUT2D eigenvalue weighted by Gasteiger charge is 2.23. The second-order valence-corrected chi connectivity index (χ2v) is 4.82. The third-order valence-corrected chi connectivity index (χ3v) is 2.94. The van der Waals surface area contributed by atoms with Crippen molar-refractivity contribution in [2.24, 2.45) is 5.41 Å². The Hall–Kier alpha value is -0.610. The predicted molar refractivity (Wildman–Crippen MR) is 59.7 cm³/mol. The number of hydrogen-bond acceptors (Lipinski definition) is 3. The average Bonchev–Trinajstić information content (AvgIpc) is 2.27. The lowest BCUT2D eigenvalue weighted by Gasteiger charge is -2.27. The first kappa shape index (κ1) is 12.5. The molecule has 0 aromatic rings. The van der Waals surface area contributed by atoms with E-state index in [9.17, 15) is 4.79 Å². The van der Waals surface area contributed by atoms with Gasteiger partial charge >= 0.3 is 0 Å². The molecule has 0 aromatic heterocycles. The Morgan fingerprint density at radius 2 is 2.33 bits per heavy atom. The summed E-state index contributed by atoms with van der Waals surface area (Å²) in [5.41, 5.74) is 0.172. The quantitative estimate of drug-likeness (QED) is 0.717. The van der Waals surface area contributed by atoms with Gasteiger partial charge in [0, 0.05) is 13.1 Å². The largest absolute Gasteiger partial charge is 0.378 e. The maximum Gasteiger partial charge on any atom is 0.239 e. The van der Waals surface area contributed by atoms with Crippen molar-refractivity contribution < 1.29 is 9.53 Å². The minimum atomic E-state index is -0.175. The summed E-state index contributed by atoms with van der Waals surface area (Å²) in [4.78, 5) is 11.7. The number of rotatable bonds is 4. The molecule has 1 rings (SSSR count). The average molecular weight is 214 g/mol. The Kier molecular flexibility index (Phi) is 4.54. The molecule has 0 aliphatic carbocycles. The number of carbonyl (C=O) groups is 1. The highest BCUT2D eigenvalue weighted by atomic mass is 16.5.